The van der Waals surface area contributed by atoms with Crippen LogP contribution in [0.15, 0.2) is 54.7 Å². The molecule has 0 spiro atoms. The summed E-state index contributed by atoms with van der Waals surface area (Å²) in [4.78, 5) is 3.35. The number of nitriles is 1. The van der Waals surface area contributed by atoms with Gasteiger partial charge < -0.3 is 10.3 Å². The standard InChI is InChI=1S/C22H23N3/c23-13-17-8-9-22-20(11-17)21(15-25-22)19-12-18(19)14-24-10-4-7-16-5-2-1-3-6-16/h1-3,5-6,8-9,11,15,18-19,24-25H,4,7,10,12,14H2. The van der Waals surface area contributed by atoms with Gasteiger partial charge in [-0.1, -0.05) is 30.3 Å². The van der Waals surface area contributed by atoms with E-state index in [-0.39, 0.29) is 0 Å². The maximum atomic E-state index is 9.11. The number of rotatable bonds is 7. The largest absolute Gasteiger partial charge is 0.361 e. The molecule has 0 saturated heterocycles. The number of nitrogens with one attached hydrogen (secondary N) is 2. The molecule has 3 nitrogen and oxygen atoms in total. The molecule has 3 aromatic rings. The Kier molecular flexibility index (Phi) is 4.54. The minimum absolute atomic E-state index is 0.629. The molecule has 1 fully saturated rings. The van der Waals surface area contributed by atoms with Crippen LogP contribution in [-0.4, -0.2) is 18.1 Å². The molecular formula is C22H23N3. The van der Waals surface area contributed by atoms with Gasteiger partial charge in [0.05, 0.1) is 11.6 Å². The Labute approximate surface area is 148 Å². The maximum Gasteiger partial charge on any atom is 0.0991 e. The van der Waals surface area contributed by atoms with E-state index in [1.807, 2.05) is 18.2 Å². The zero-order valence-electron chi connectivity index (χ0n) is 14.3. The fraction of sp³-hybridized carbons (Fsp3) is 0.318. The van der Waals surface area contributed by atoms with Crippen LogP contribution >= 0.6 is 0 Å². The molecule has 1 aliphatic carbocycles. The third kappa shape index (κ3) is 3.60. The summed E-state index contributed by atoms with van der Waals surface area (Å²) in [6.45, 7) is 2.16. The Morgan fingerprint density at radius 2 is 2.04 bits per heavy atom. The first-order valence-corrected chi connectivity index (χ1v) is 9.11. The smallest absolute Gasteiger partial charge is 0.0991 e. The van der Waals surface area contributed by atoms with Crippen LogP contribution in [0.3, 0.4) is 0 Å². The number of nitrogens with zero attached hydrogens (tertiary/aromatic N) is 1. The van der Waals surface area contributed by atoms with E-state index in [2.05, 4.69) is 52.9 Å². The van der Waals surface area contributed by atoms with Crippen LogP contribution in [-0.2, 0) is 6.42 Å². The van der Waals surface area contributed by atoms with Crippen molar-refractivity contribution < 1.29 is 0 Å². The van der Waals surface area contributed by atoms with Crippen molar-refractivity contribution in [3.63, 3.8) is 0 Å². The molecule has 2 atom stereocenters. The molecule has 0 amide bonds. The summed E-state index contributed by atoms with van der Waals surface area (Å²) in [5, 5.41) is 13.9. The first kappa shape index (κ1) is 15.9. The van der Waals surface area contributed by atoms with E-state index in [0.29, 0.717) is 5.92 Å². The van der Waals surface area contributed by atoms with Gasteiger partial charge in [0, 0.05) is 17.1 Å². The highest BCUT2D eigenvalue weighted by Crippen LogP contribution is 2.49. The van der Waals surface area contributed by atoms with Crippen molar-refractivity contribution in [2.75, 3.05) is 13.1 Å². The van der Waals surface area contributed by atoms with Gasteiger partial charge in [0.15, 0.2) is 0 Å². The first-order valence-electron chi connectivity index (χ1n) is 9.11. The average Bonchev–Trinajstić information content (AvgIpc) is 3.30. The number of fused-ring (bicyclic) bond motifs is 1. The van der Waals surface area contributed by atoms with Gasteiger partial charge in [-0.25, -0.2) is 0 Å². The second-order valence-corrected chi connectivity index (χ2v) is 7.01. The van der Waals surface area contributed by atoms with Gasteiger partial charge in [-0.3, -0.25) is 0 Å². The van der Waals surface area contributed by atoms with E-state index < -0.39 is 0 Å². The summed E-state index contributed by atoms with van der Waals surface area (Å²) in [7, 11) is 0. The molecular weight excluding hydrogens is 306 g/mol. The molecule has 0 bridgehead atoms. The van der Waals surface area contributed by atoms with Crippen LogP contribution in [0.4, 0.5) is 0 Å². The Morgan fingerprint density at radius 1 is 1.16 bits per heavy atom. The monoisotopic (exact) mass is 329 g/mol. The zero-order chi connectivity index (χ0) is 17.1. The predicted molar refractivity (Wildman–Crippen MR) is 101 cm³/mol. The van der Waals surface area contributed by atoms with Crippen molar-refractivity contribution >= 4 is 10.9 Å². The Morgan fingerprint density at radius 3 is 2.88 bits per heavy atom. The molecule has 0 aliphatic heterocycles. The lowest BCUT2D eigenvalue weighted by atomic mass is 10.1. The summed E-state index contributed by atoms with van der Waals surface area (Å²) in [6, 6.07) is 18.8. The summed E-state index contributed by atoms with van der Waals surface area (Å²) < 4.78 is 0. The number of H-pyrrole nitrogens is 1. The van der Waals surface area contributed by atoms with Crippen LogP contribution in [0.25, 0.3) is 10.9 Å². The molecule has 0 radical (unpaired) electrons. The lowest BCUT2D eigenvalue weighted by molar-refractivity contribution is 0.605. The zero-order valence-corrected chi connectivity index (χ0v) is 14.3. The quantitative estimate of drug-likeness (QED) is 0.633. The fourth-order valence-corrected chi connectivity index (χ4v) is 3.72. The highest BCUT2D eigenvalue weighted by molar-refractivity contribution is 5.85. The van der Waals surface area contributed by atoms with Gasteiger partial charge in [-0.2, -0.15) is 5.26 Å². The van der Waals surface area contributed by atoms with Gasteiger partial charge in [-0.05, 0) is 73.5 Å². The normalized spacial score (nSPS) is 19.0. The van der Waals surface area contributed by atoms with Crippen molar-refractivity contribution in [2.24, 2.45) is 5.92 Å². The molecule has 3 heteroatoms. The van der Waals surface area contributed by atoms with Crippen molar-refractivity contribution in [3.8, 4) is 6.07 Å². The number of hydrogen-bond donors (Lipinski definition) is 2. The molecule has 25 heavy (non-hydrogen) atoms. The molecule has 1 saturated carbocycles. The highest BCUT2D eigenvalue weighted by Gasteiger charge is 2.39. The Bertz CT molecular complexity index is 889. The predicted octanol–water partition coefficient (Wildman–Crippen LogP) is 4.37. The maximum absolute atomic E-state index is 9.11. The van der Waals surface area contributed by atoms with Crippen LogP contribution in [0.1, 0.15) is 35.4 Å². The van der Waals surface area contributed by atoms with Crippen LogP contribution in [0, 0.1) is 17.2 Å². The van der Waals surface area contributed by atoms with E-state index in [9.17, 15) is 0 Å². The van der Waals surface area contributed by atoms with Crippen LogP contribution in [0.5, 0.6) is 0 Å². The second-order valence-electron chi connectivity index (χ2n) is 7.01. The molecule has 126 valence electrons. The van der Waals surface area contributed by atoms with Crippen molar-refractivity contribution in [3.05, 3.63) is 71.4 Å². The molecule has 1 aromatic heterocycles. The summed E-state index contributed by atoms with van der Waals surface area (Å²) in [5.74, 6) is 1.35. The van der Waals surface area contributed by atoms with E-state index in [0.717, 1.165) is 36.5 Å². The van der Waals surface area contributed by atoms with Crippen molar-refractivity contribution in [2.45, 2.75) is 25.2 Å². The minimum Gasteiger partial charge on any atom is -0.361 e. The number of aromatic nitrogens is 1. The SMILES string of the molecule is N#Cc1ccc2[nH]cc(C3CC3CNCCCc3ccccc3)c2c1. The first-order chi connectivity index (χ1) is 12.3. The molecule has 1 heterocycles. The Balaban J connectivity index is 1.26. The summed E-state index contributed by atoms with van der Waals surface area (Å²) in [6.07, 6.45) is 5.70. The van der Waals surface area contributed by atoms with Gasteiger partial charge in [0.1, 0.15) is 0 Å². The van der Waals surface area contributed by atoms with E-state index in [4.69, 9.17) is 5.26 Å². The highest BCUT2D eigenvalue weighted by atomic mass is 14.9. The summed E-state index contributed by atoms with van der Waals surface area (Å²) >= 11 is 0. The summed E-state index contributed by atoms with van der Waals surface area (Å²) in [5.41, 5.74) is 4.67. The molecule has 2 aromatic carbocycles. The second kappa shape index (κ2) is 7.13. The fourth-order valence-electron chi connectivity index (χ4n) is 3.72. The topological polar surface area (TPSA) is 51.6 Å². The average molecular weight is 329 g/mol. The van der Waals surface area contributed by atoms with Crippen molar-refractivity contribution in [1.82, 2.24) is 10.3 Å². The van der Waals surface area contributed by atoms with Gasteiger partial charge in [0.2, 0.25) is 0 Å². The van der Waals surface area contributed by atoms with E-state index in [1.165, 1.54) is 29.4 Å². The van der Waals surface area contributed by atoms with Crippen LogP contribution in [0.2, 0.25) is 0 Å². The molecule has 4 rings (SSSR count). The molecule has 1 aliphatic rings. The third-order valence-corrected chi connectivity index (χ3v) is 5.23. The van der Waals surface area contributed by atoms with Gasteiger partial charge >= 0.3 is 0 Å². The number of benzene rings is 2. The number of aryl methyl sites for hydroxylation is 1. The molecule has 2 N–H and O–H groups in total. The lowest BCUT2D eigenvalue weighted by Crippen LogP contribution is -2.19. The Hall–Kier alpha value is -2.57. The number of hydrogen-bond acceptors (Lipinski definition) is 2. The third-order valence-electron chi connectivity index (χ3n) is 5.23. The van der Waals surface area contributed by atoms with Crippen molar-refractivity contribution in [1.29, 1.82) is 5.26 Å². The minimum atomic E-state index is 0.629. The number of aromatic amines is 1. The van der Waals surface area contributed by atoms with Gasteiger partial charge in [-0.15, -0.1) is 0 Å². The van der Waals surface area contributed by atoms with Gasteiger partial charge in [0.25, 0.3) is 0 Å². The molecule has 2 unspecified atom stereocenters. The van der Waals surface area contributed by atoms with E-state index in [1.54, 1.807) is 0 Å². The lowest BCUT2D eigenvalue weighted by Gasteiger charge is -2.05. The van der Waals surface area contributed by atoms with E-state index >= 15 is 0 Å². The van der Waals surface area contributed by atoms with Crippen LogP contribution < -0.4 is 5.32 Å².